The SMILES string of the molecule is Cc1nc2cc3nn2c(c1[C@H](OC(C)(C)C)C(=O)O)N1CCC(C)(CC1)OCCCC[C@@H](C)Oc1cc(F)ccc1CCC3.Cc1nc2cc3nn2c(c1[C@H](OC(C)(C)C)C(=O)O)N1CCC(C)(CC1)OCCCC[C@H](C)Oc1cc(F)ccc1CCC3. The van der Waals surface area contributed by atoms with E-state index in [0.29, 0.717) is 110 Å². The summed E-state index contributed by atoms with van der Waals surface area (Å²) in [5.74, 6) is -0.107. The molecule has 480 valence electrons. The number of aromatic nitrogens is 6. The van der Waals surface area contributed by atoms with Gasteiger partial charge in [-0.1, -0.05) is 12.1 Å². The molecule has 4 atom stereocenters. The molecule has 0 aliphatic carbocycles. The minimum absolute atomic E-state index is 0.0303. The molecule has 12 rings (SSSR count). The summed E-state index contributed by atoms with van der Waals surface area (Å²) >= 11 is 0. The quantitative estimate of drug-likeness (QED) is 0.160. The Kier molecular flexibility index (Phi) is 20.8. The van der Waals surface area contributed by atoms with Crippen molar-refractivity contribution in [1.82, 2.24) is 29.2 Å². The number of aliphatic carboxylic acids is 2. The molecule has 2 saturated heterocycles. The van der Waals surface area contributed by atoms with Gasteiger partial charge in [0.05, 0.1) is 57.1 Å². The number of anilines is 2. The van der Waals surface area contributed by atoms with Crippen LogP contribution in [0.15, 0.2) is 48.5 Å². The summed E-state index contributed by atoms with van der Waals surface area (Å²) in [7, 11) is 0. The Bertz CT molecular complexity index is 3170. The van der Waals surface area contributed by atoms with Crippen LogP contribution in [0.4, 0.5) is 20.4 Å². The summed E-state index contributed by atoms with van der Waals surface area (Å²) in [6, 6.07) is 13.5. The maximum atomic E-state index is 14.2. The van der Waals surface area contributed by atoms with Crippen LogP contribution in [0.5, 0.6) is 11.5 Å². The molecule has 18 nitrogen and oxygen atoms in total. The number of rotatable bonds is 6. The zero-order valence-electron chi connectivity index (χ0n) is 54.0. The number of hydrogen-bond donors (Lipinski definition) is 2. The Morgan fingerprint density at radius 2 is 0.955 bits per heavy atom. The van der Waals surface area contributed by atoms with Gasteiger partial charge in [-0.05, 0) is 209 Å². The second kappa shape index (κ2) is 27.7. The molecule has 20 heteroatoms. The molecule has 2 aromatic carbocycles. The maximum Gasteiger partial charge on any atom is 0.337 e. The minimum atomic E-state index is -1.20. The number of halogens is 2. The highest BCUT2D eigenvalue weighted by Crippen LogP contribution is 2.41. The molecule has 10 heterocycles. The van der Waals surface area contributed by atoms with E-state index < -0.39 is 35.3 Å². The third-order valence-corrected chi connectivity index (χ3v) is 17.3. The van der Waals surface area contributed by atoms with Crippen molar-refractivity contribution in [2.45, 2.75) is 233 Å². The van der Waals surface area contributed by atoms with Gasteiger partial charge in [-0.15, -0.1) is 0 Å². The van der Waals surface area contributed by atoms with Crippen LogP contribution in [0.2, 0.25) is 0 Å². The van der Waals surface area contributed by atoms with Gasteiger partial charge in [0.25, 0.3) is 0 Å². The molecule has 0 unspecified atom stereocenters. The lowest BCUT2D eigenvalue weighted by atomic mass is 9.92. The number of ether oxygens (including phenoxy) is 6. The van der Waals surface area contributed by atoms with E-state index in [4.69, 9.17) is 48.6 Å². The van der Waals surface area contributed by atoms with Crippen molar-refractivity contribution in [3.63, 3.8) is 0 Å². The third-order valence-electron chi connectivity index (χ3n) is 17.3. The van der Waals surface area contributed by atoms with Crippen molar-refractivity contribution in [2.24, 2.45) is 0 Å². The molecule has 0 spiro atoms. The first kappa shape index (κ1) is 66.0. The maximum absolute atomic E-state index is 14.2. The average Bonchev–Trinajstić information content (AvgIpc) is 1.47. The second-order valence-electron chi connectivity index (χ2n) is 27.2. The lowest BCUT2D eigenvalue weighted by Crippen LogP contribution is -2.46. The van der Waals surface area contributed by atoms with Crippen molar-refractivity contribution in [1.29, 1.82) is 0 Å². The van der Waals surface area contributed by atoms with Gasteiger partial charge in [0, 0.05) is 75.0 Å². The van der Waals surface area contributed by atoms with Crippen LogP contribution >= 0.6 is 0 Å². The number of carbonyl (C=O) groups is 2. The Morgan fingerprint density at radius 1 is 0.580 bits per heavy atom. The Balaban J connectivity index is 0.000000209. The van der Waals surface area contributed by atoms with E-state index in [1.165, 1.54) is 24.3 Å². The van der Waals surface area contributed by atoms with Gasteiger partial charge in [0.15, 0.2) is 23.5 Å². The van der Waals surface area contributed by atoms with Crippen molar-refractivity contribution in [3.05, 3.63) is 105 Å². The summed E-state index contributed by atoms with van der Waals surface area (Å²) in [6.45, 7) is 27.3. The minimum Gasteiger partial charge on any atom is -0.490 e. The Morgan fingerprint density at radius 3 is 1.31 bits per heavy atom. The molecule has 0 saturated carbocycles. The van der Waals surface area contributed by atoms with Crippen LogP contribution in [0.1, 0.15) is 204 Å². The number of piperidine rings is 2. The fourth-order valence-electron chi connectivity index (χ4n) is 12.5. The topological polar surface area (TPSA) is 197 Å². The fraction of sp³-hybridized carbons (Fsp3) is 0.618. The molecule has 2 N–H and O–H groups in total. The molecule has 8 bridgehead atoms. The van der Waals surface area contributed by atoms with E-state index in [-0.39, 0.29) is 35.0 Å². The molecule has 88 heavy (non-hydrogen) atoms. The third kappa shape index (κ3) is 16.7. The van der Waals surface area contributed by atoms with Crippen LogP contribution in [0.3, 0.4) is 0 Å². The Labute approximate surface area is 517 Å². The molecular formula is C68H94F2N8O10. The van der Waals surface area contributed by atoms with Gasteiger partial charge in [-0.25, -0.2) is 28.3 Å². The molecule has 6 aromatic rings. The number of hydrogen-bond acceptors (Lipinski definition) is 14. The number of nitrogens with zero attached hydrogens (tertiary/aromatic N) is 8. The highest BCUT2D eigenvalue weighted by Gasteiger charge is 2.40. The monoisotopic (exact) mass is 1220 g/mol. The van der Waals surface area contributed by atoms with Crippen molar-refractivity contribution in [3.8, 4) is 11.5 Å². The molecular weight excluding hydrogens is 1130 g/mol. The molecule has 6 aliphatic rings. The first-order valence-electron chi connectivity index (χ1n) is 31.9. The predicted molar refractivity (Wildman–Crippen MR) is 334 cm³/mol. The smallest absolute Gasteiger partial charge is 0.337 e. The van der Waals surface area contributed by atoms with E-state index in [1.54, 1.807) is 9.03 Å². The number of fused-ring (bicyclic) bond motifs is 20. The van der Waals surface area contributed by atoms with Crippen LogP contribution in [0.25, 0.3) is 11.3 Å². The van der Waals surface area contributed by atoms with Crippen molar-refractivity contribution < 1.29 is 57.0 Å². The zero-order valence-corrected chi connectivity index (χ0v) is 54.0. The molecule has 6 aliphatic heterocycles. The van der Waals surface area contributed by atoms with E-state index in [9.17, 15) is 28.6 Å². The molecule has 2 fully saturated rings. The van der Waals surface area contributed by atoms with Crippen LogP contribution < -0.4 is 19.3 Å². The summed E-state index contributed by atoms with van der Waals surface area (Å²) in [5.41, 5.74) is 5.36. The first-order valence-corrected chi connectivity index (χ1v) is 31.9. The zero-order chi connectivity index (χ0) is 63.3. The van der Waals surface area contributed by atoms with E-state index in [2.05, 4.69) is 23.6 Å². The summed E-state index contributed by atoms with van der Waals surface area (Å²) in [5, 5.41) is 30.7. The van der Waals surface area contributed by atoms with E-state index in [1.807, 2.05) is 93.5 Å². The molecule has 0 radical (unpaired) electrons. The molecule has 4 aromatic heterocycles. The largest absolute Gasteiger partial charge is 0.490 e. The van der Waals surface area contributed by atoms with Gasteiger partial charge in [0.2, 0.25) is 0 Å². The standard InChI is InChI=1S/2C34H47FN4O5/c2*1-22-10-7-8-19-42-34(6)15-17-38(18-16-34)31-29(30(32(40)41)44-33(3,4)5)23(2)36-28-21-26(37-39(28)31)12-9-11-24-13-14-25(35)20-27(24)43-22/h2*13-14,20-22,30H,7-12,15-19H2,1-6H3,(H,40,41)/t22-,30+;22-,30-/m10/s1. The number of aryl methyl sites for hydroxylation is 6. The summed E-state index contributed by atoms with van der Waals surface area (Å²) in [4.78, 5) is 39.5. The average molecular weight is 1220 g/mol. The van der Waals surface area contributed by atoms with Crippen molar-refractivity contribution in [2.75, 3.05) is 49.2 Å². The van der Waals surface area contributed by atoms with Crippen LogP contribution in [-0.2, 0) is 54.2 Å². The van der Waals surface area contributed by atoms with Gasteiger partial charge in [0.1, 0.15) is 34.8 Å². The van der Waals surface area contributed by atoms with Crippen LogP contribution in [0, 0.1) is 25.5 Å². The summed E-state index contributed by atoms with van der Waals surface area (Å²) < 4.78 is 69.6. The van der Waals surface area contributed by atoms with Gasteiger partial charge in [-0.3, -0.25) is 0 Å². The molecule has 0 amide bonds. The summed E-state index contributed by atoms with van der Waals surface area (Å²) in [6.07, 6.45) is 10.5. The first-order chi connectivity index (χ1) is 41.6. The van der Waals surface area contributed by atoms with Gasteiger partial charge < -0.3 is 48.4 Å². The van der Waals surface area contributed by atoms with E-state index in [0.717, 1.165) is 111 Å². The van der Waals surface area contributed by atoms with Gasteiger partial charge in [-0.2, -0.15) is 19.2 Å². The van der Waals surface area contributed by atoms with Gasteiger partial charge >= 0.3 is 11.9 Å². The normalized spacial score (nSPS) is 22.9. The fourth-order valence-corrected chi connectivity index (χ4v) is 12.5. The number of carboxylic acids is 2. The second-order valence-corrected chi connectivity index (χ2v) is 27.2. The van der Waals surface area contributed by atoms with Crippen LogP contribution in [-0.4, -0.2) is 125 Å². The lowest BCUT2D eigenvalue weighted by molar-refractivity contribution is -0.161. The Hall–Kier alpha value is -6.48. The highest BCUT2D eigenvalue weighted by molar-refractivity contribution is 5.79. The number of benzene rings is 2. The van der Waals surface area contributed by atoms with Crippen molar-refractivity contribution >= 4 is 34.9 Å². The number of carboxylic acid groups (broad SMARTS) is 2. The highest BCUT2D eigenvalue weighted by atomic mass is 19.1. The van der Waals surface area contributed by atoms with E-state index >= 15 is 0 Å². The predicted octanol–water partition coefficient (Wildman–Crippen LogP) is 13.2. The lowest BCUT2D eigenvalue weighted by Gasteiger charge is -2.41.